The zero-order valence-corrected chi connectivity index (χ0v) is 13.8. The largest absolute Gasteiger partial charge is 0.348 e. The number of halogens is 1. The Bertz CT molecular complexity index is 662. The van der Waals surface area contributed by atoms with Crippen molar-refractivity contribution in [3.05, 3.63) is 35.6 Å². The van der Waals surface area contributed by atoms with Gasteiger partial charge in [0.2, 0.25) is 5.91 Å². The van der Waals surface area contributed by atoms with E-state index in [-0.39, 0.29) is 17.1 Å². The van der Waals surface area contributed by atoms with E-state index >= 15 is 0 Å². The molecule has 0 unspecified atom stereocenters. The molecule has 0 aromatic heterocycles. The van der Waals surface area contributed by atoms with Crippen molar-refractivity contribution in [2.24, 2.45) is 5.92 Å². The third kappa shape index (κ3) is 4.10. The molecule has 2 aliphatic carbocycles. The lowest BCUT2D eigenvalue weighted by molar-refractivity contribution is -0.119. The number of hydrogen-bond acceptors (Lipinski definition) is 3. The van der Waals surface area contributed by atoms with Crippen LogP contribution in [0.2, 0.25) is 0 Å². The highest BCUT2D eigenvalue weighted by molar-refractivity contribution is 7.92. The van der Waals surface area contributed by atoms with Crippen LogP contribution in [0.25, 0.3) is 0 Å². The summed E-state index contributed by atoms with van der Waals surface area (Å²) >= 11 is 0. The zero-order valence-electron chi connectivity index (χ0n) is 13.0. The lowest BCUT2D eigenvalue weighted by Gasteiger charge is -2.19. The minimum atomic E-state index is -3.37. The second-order valence-electron chi connectivity index (χ2n) is 6.65. The Morgan fingerprint density at radius 2 is 1.74 bits per heavy atom. The molecular formula is C17H22FNO3S. The third-order valence-corrected chi connectivity index (χ3v) is 6.93. The molecule has 6 heteroatoms. The Morgan fingerprint density at radius 3 is 2.30 bits per heavy atom. The van der Waals surface area contributed by atoms with Crippen LogP contribution in [0.1, 0.15) is 50.1 Å². The van der Waals surface area contributed by atoms with Crippen LogP contribution in [0.4, 0.5) is 4.39 Å². The van der Waals surface area contributed by atoms with E-state index in [1.165, 1.54) is 12.1 Å². The summed E-state index contributed by atoms with van der Waals surface area (Å²) in [4.78, 5) is 12.2. The zero-order chi connectivity index (χ0) is 16.4. The van der Waals surface area contributed by atoms with Gasteiger partial charge < -0.3 is 5.32 Å². The molecule has 23 heavy (non-hydrogen) atoms. The van der Waals surface area contributed by atoms with Crippen molar-refractivity contribution >= 4 is 15.7 Å². The van der Waals surface area contributed by atoms with Crippen molar-refractivity contribution in [1.82, 2.24) is 5.32 Å². The van der Waals surface area contributed by atoms with Crippen LogP contribution in [-0.2, 0) is 14.6 Å². The van der Waals surface area contributed by atoms with Gasteiger partial charge in [0.25, 0.3) is 0 Å². The van der Waals surface area contributed by atoms with Gasteiger partial charge in [-0.1, -0.05) is 25.0 Å². The van der Waals surface area contributed by atoms with Crippen molar-refractivity contribution < 1.29 is 17.6 Å². The molecule has 0 bridgehead atoms. The van der Waals surface area contributed by atoms with E-state index < -0.39 is 21.5 Å². The Labute approximate surface area is 136 Å². The molecule has 0 spiro atoms. The van der Waals surface area contributed by atoms with E-state index in [1.54, 1.807) is 12.1 Å². The molecule has 1 amide bonds. The SMILES string of the molecule is O=C(CS(=O)(=O)C1CCCC1)N[C@@H](c1ccc(F)cc1)C1CC1. The summed E-state index contributed by atoms with van der Waals surface area (Å²) in [5.74, 6) is -0.891. The van der Waals surface area contributed by atoms with Crippen molar-refractivity contribution in [1.29, 1.82) is 0 Å². The van der Waals surface area contributed by atoms with E-state index in [0.29, 0.717) is 18.8 Å². The molecule has 2 saturated carbocycles. The monoisotopic (exact) mass is 339 g/mol. The maximum absolute atomic E-state index is 13.1. The number of amides is 1. The van der Waals surface area contributed by atoms with Crippen LogP contribution in [0.3, 0.4) is 0 Å². The van der Waals surface area contributed by atoms with E-state index in [0.717, 1.165) is 31.2 Å². The topological polar surface area (TPSA) is 63.2 Å². The summed E-state index contributed by atoms with van der Waals surface area (Å²) in [5, 5.41) is 2.49. The molecule has 0 radical (unpaired) electrons. The van der Waals surface area contributed by atoms with Crippen LogP contribution in [0.5, 0.6) is 0 Å². The number of benzene rings is 1. The second kappa shape index (κ2) is 6.59. The molecular weight excluding hydrogens is 317 g/mol. The average Bonchev–Trinajstić information content (AvgIpc) is 3.17. The van der Waals surface area contributed by atoms with Gasteiger partial charge in [-0.05, 0) is 49.3 Å². The molecule has 4 nitrogen and oxygen atoms in total. The highest BCUT2D eigenvalue weighted by atomic mass is 32.2. The average molecular weight is 339 g/mol. The van der Waals surface area contributed by atoms with E-state index in [9.17, 15) is 17.6 Å². The quantitative estimate of drug-likeness (QED) is 0.867. The van der Waals surface area contributed by atoms with Crippen molar-refractivity contribution in [3.63, 3.8) is 0 Å². The number of sulfone groups is 1. The van der Waals surface area contributed by atoms with Gasteiger partial charge in [0.1, 0.15) is 11.6 Å². The van der Waals surface area contributed by atoms with Gasteiger partial charge >= 0.3 is 0 Å². The van der Waals surface area contributed by atoms with Crippen LogP contribution in [0, 0.1) is 11.7 Å². The Morgan fingerprint density at radius 1 is 1.13 bits per heavy atom. The fourth-order valence-electron chi connectivity index (χ4n) is 3.34. The van der Waals surface area contributed by atoms with Crippen LogP contribution in [0.15, 0.2) is 24.3 Å². The van der Waals surface area contributed by atoms with Crippen molar-refractivity contribution in [2.45, 2.75) is 49.8 Å². The third-order valence-electron chi connectivity index (χ3n) is 4.78. The Hall–Kier alpha value is -1.43. The molecule has 1 aromatic rings. The molecule has 126 valence electrons. The molecule has 3 rings (SSSR count). The first kappa shape index (κ1) is 16.4. The molecule has 0 aliphatic heterocycles. The van der Waals surface area contributed by atoms with Gasteiger partial charge in [0, 0.05) is 0 Å². The van der Waals surface area contributed by atoms with Crippen molar-refractivity contribution in [3.8, 4) is 0 Å². The summed E-state index contributed by atoms with van der Waals surface area (Å²) in [6.07, 6.45) is 5.17. The van der Waals surface area contributed by atoms with E-state index in [1.807, 2.05) is 0 Å². The minimum absolute atomic E-state index is 0.220. The van der Waals surface area contributed by atoms with Gasteiger partial charge in [-0.3, -0.25) is 4.79 Å². The maximum Gasteiger partial charge on any atom is 0.235 e. The van der Waals surface area contributed by atoms with Crippen LogP contribution in [-0.4, -0.2) is 25.3 Å². The highest BCUT2D eigenvalue weighted by Gasteiger charge is 2.35. The number of hydrogen-bond donors (Lipinski definition) is 1. The lowest BCUT2D eigenvalue weighted by atomic mass is 10.0. The summed E-state index contributed by atoms with van der Waals surface area (Å²) < 4.78 is 37.6. The number of rotatable bonds is 6. The molecule has 0 saturated heterocycles. The first-order valence-corrected chi connectivity index (χ1v) is 9.93. The number of carbonyl (C=O) groups excluding carboxylic acids is 1. The van der Waals surface area contributed by atoms with Gasteiger partial charge in [-0.15, -0.1) is 0 Å². The van der Waals surface area contributed by atoms with Gasteiger partial charge in [0.05, 0.1) is 11.3 Å². The predicted octanol–water partition coefficient (Wildman–Crippen LogP) is 2.75. The highest BCUT2D eigenvalue weighted by Crippen LogP contribution is 2.41. The summed E-state index contributed by atoms with van der Waals surface area (Å²) in [6.45, 7) is 0. The van der Waals surface area contributed by atoms with Gasteiger partial charge in [-0.2, -0.15) is 0 Å². The van der Waals surface area contributed by atoms with Crippen LogP contribution >= 0.6 is 0 Å². The lowest BCUT2D eigenvalue weighted by Crippen LogP contribution is -2.37. The Kier molecular flexibility index (Phi) is 4.71. The van der Waals surface area contributed by atoms with E-state index in [2.05, 4.69) is 5.32 Å². The fraction of sp³-hybridized carbons (Fsp3) is 0.588. The maximum atomic E-state index is 13.1. The molecule has 1 N–H and O–H groups in total. The molecule has 2 fully saturated rings. The van der Waals surface area contributed by atoms with Gasteiger partial charge in [-0.25, -0.2) is 12.8 Å². The molecule has 1 atom stereocenters. The first-order valence-electron chi connectivity index (χ1n) is 8.22. The standard InChI is InChI=1S/C17H22FNO3S/c18-14-9-7-13(8-10-14)17(12-5-6-12)19-16(20)11-23(21,22)15-3-1-2-4-15/h7-10,12,15,17H,1-6,11H2,(H,19,20)/t17-/m1/s1. The van der Waals surface area contributed by atoms with Crippen LogP contribution < -0.4 is 5.32 Å². The summed E-state index contributed by atoms with van der Waals surface area (Å²) in [6, 6.07) is 5.83. The first-order chi connectivity index (χ1) is 11.0. The van der Waals surface area contributed by atoms with E-state index in [4.69, 9.17) is 0 Å². The summed E-state index contributed by atoms with van der Waals surface area (Å²) in [7, 11) is -3.37. The smallest absolute Gasteiger partial charge is 0.235 e. The predicted molar refractivity (Wildman–Crippen MR) is 86.1 cm³/mol. The molecule has 1 aromatic carbocycles. The normalized spacial score (nSPS) is 20.4. The second-order valence-corrected chi connectivity index (χ2v) is 8.93. The number of carbonyl (C=O) groups is 1. The minimum Gasteiger partial charge on any atom is -0.348 e. The summed E-state index contributed by atoms with van der Waals surface area (Å²) in [5.41, 5.74) is 0.834. The Balaban J connectivity index is 1.66. The van der Waals surface area contributed by atoms with Gasteiger partial charge in [0.15, 0.2) is 9.84 Å². The number of nitrogens with one attached hydrogen (secondary N) is 1. The fourth-order valence-corrected chi connectivity index (χ4v) is 5.07. The molecule has 0 heterocycles. The van der Waals surface area contributed by atoms with Crippen molar-refractivity contribution in [2.75, 3.05) is 5.75 Å². The molecule has 2 aliphatic rings.